The van der Waals surface area contributed by atoms with E-state index in [-0.39, 0.29) is 17.9 Å². The number of furan rings is 1. The first-order chi connectivity index (χ1) is 11.6. The smallest absolute Gasteiger partial charge is 0.330 e. The third-order valence-corrected chi connectivity index (χ3v) is 5.03. The van der Waals surface area contributed by atoms with Gasteiger partial charge in [-0.15, -0.1) is 11.8 Å². The molecule has 0 radical (unpaired) electrons. The van der Waals surface area contributed by atoms with Crippen molar-refractivity contribution in [3.8, 4) is 0 Å². The lowest BCUT2D eigenvalue weighted by atomic mass is 10.2. The summed E-state index contributed by atoms with van der Waals surface area (Å²) in [6.45, 7) is 1.24. The van der Waals surface area contributed by atoms with E-state index in [0.717, 1.165) is 0 Å². The molecule has 1 aliphatic heterocycles. The van der Waals surface area contributed by atoms with Crippen LogP contribution in [0.4, 0.5) is 4.39 Å². The molecule has 1 aromatic heterocycles. The molecule has 2 heterocycles. The number of hydrogen-bond acceptors (Lipinski definition) is 5. The van der Waals surface area contributed by atoms with Crippen molar-refractivity contribution in [2.24, 2.45) is 0 Å². The standard InChI is InChI=1S/C17H16FNO4S/c1-11(20)19-14(10-24-16(19)15-7-4-8-22-15)17(21)23-9-12-5-2-3-6-13(12)18/h2-8,14,16H,9-10H2,1H3/t14-,16-/m1/s1. The van der Waals surface area contributed by atoms with Crippen molar-refractivity contribution in [2.45, 2.75) is 24.9 Å². The number of halogens is 1. The Morgan fingerprint density at radius 2 is 2.12 bits per heavy atom. The lowest BCUT2D eigenvalue weighted by molar-refractivity contribution is -0.154. The Bertz CT molecular complexity index is 734. The molecule has 1 aliphatic rings. The summed E-state index contributed by atoms with van der Waals surface area (Å²) < 4.78 is 24.2. The maximum Gasteiger partial charge on any atom is 0.330 e. The van der Waals surface area contributed by atoms with Gasteiger partial charge in [0.05, 0.1) is 6.26 Å². The van der Waals surface area contributed by atoms with Crippen LogP contribution in [-0.4, -0.2) is 28.6 Å². The highest BCUT2D eigenvalue weighted by molar-refractivity contribution is 7.99. The average Bonchev–Trinajstić information content (AvgIpc) is 3.22. The second-order valence-corrected chi connectivity index (χ2v) is 6.46. The Morgan fingerprint density at radius 3 is 2.79 bits per heavy atom. The molecule has 0 saturated carbocycles. The van der Waals surface area contributed by atoms with E-state index < -0.39 is 17.8 Å². The highest BCUT2D eigenvalue weighted by atomic mass is 32.2. The molecule has 0 spiro atoms. The molecule has 24 heavy (non-hydrogen) atoms. The fourth-order valence-corrected chi connectivity index (χ4v) is 4.00. The van der Waals surface area contributed by atoms with Crippen molar-refractivity contribution in [1.82, 2.24) is 4.90 Å². The number of esters is 1. The van der Waals surface area contributed by atoms with Crippen molar-refractivity contribution in [3.63, 3.8) is 0 Å². The van der Waals surface area contributed by atoms with Gasteiger partial charge in [0.15, 0.2) is 0 Å². The maximum atomic E-state index is 13.6. The maximum absolute atomic E-state index is 13.6. The van der Waals surface area contributed by atoms with Gasteiger partial charge in [0.1, 0.15) is 29.6 Å². The van der Waals surface area contributed by atoms with Crippen molar-refractivity contribution in [3.05, 3.63) is 59.8 Å². The van der Waals surface area contributed by atoms with Gasteiger partial charge < -0.3 is 14.1 Å². The normalized spacial score (nSPS) is 20.2. The number of thioether (sulfide) groups is 1. The second-order valence-electron chi connectivity index (χ2n) is 5.34. The van der Waals surface area contributed by atoms with E-state index in [1.807, 2.05) is 0 Å². The van der Waals surface area contributed by atoms with Crippen LogP contribution in [0.25, 0.3) is 0 Å². The van der Waals surface area contributed by atoms with Crippen molar-refractivity contribution >= 4 is 23.6 Å². The fraction of sp³-hybridized carbons (Fsp3) is 0.294. The van der Waals surface area contributed by atoms with Gasteiger partial charge >= 0.3 is 5.97 Å². The summed E-state index contributed by atoms with van der Waals surface area (Å²) in [5.41, 5.74) is 0.299. The van der Waals surface area contributed by atoms with Crippen LogP contribution in [-0.2, 0) is 20.9 Å². The van der Waals surface area contributed by atoms with E-state index in [4.69, 9.17) is 9.15 Å². The van der Waals surface area contributed by atoms with E-state index in [2.05, 4.69) is 0 Å². The van der Waals surface area contributed by atoms with Crippen LogP contribution in [0.3, 0.4) is 0 Å². The van der Waals surface area contributed by atoms with Crippen LogP contribution in [0, 0.1) is 5.82 Å². The number of benzene rings is 1. The molecule has 0 unspecified atom stereocenters. The zero-order valence-electron chi connectivity index (χ0n) is 13.0. The summed E-state index contributed by atoms with van der Waals surface area (Å²) in [5, 5.41) is -0.358. The Balaban J connectivity index is 1.70. The molecular formula is C17H16FNO4S. The van der Waals surface area contributed by atoms with Gasteiger partial charge in [-0.1, -0.05) is 18.2 Å². The minimum absolute atomic E-state index is 0.163. The zero-order valence-corrected chi connectivity index (χ0v) is 13.8. The van der Waals surface area contributed by atoms with Crippen LogP contribution in [0.2, 0.25) is 0 Å². The molecule has 3 rings (SSSR count). The van der Waals surface area contributed by atoms with Gasteiger partial charge in [0.2, 0.25) is 5.91 Å². The predicted molar refractivity (Wildman–Crippen MR) is 86.4 cm³/mol. The number of amides is 1. The van der Waals surface area contributed by atoms with Crippen molar-refractivity contribution in [2.75, 3.05) is 5.75 Å². The Morgan fingerprint density at radius 1 is 1.33 bits per heavy atom. The predicted octanol–water partition coefficient (Wildman–Crippen LogP) is 3.12. The molecule has 2 aromatic rings. The van der Waals surface area contributed by atoms with Crippen LogP contribution in [0.5, 0.6) is 0 Å². The van der Waals surface area contributed by atoms with Gasteiger partial charge in [-0.2, -0.15) is 0 Å². The van der Waals surface area contributed by atoms with Crippen molar-refractivity contribution in [1.29, 1.82) is 0 Å². The van der Waals surface area contributed by atoms with E-state index in [0.29, 0.717) is 17.1 Å². The van der Waals surface area contributed by atoms with E-state index in [9.17, 15) is 14.0 Å². The molecule has 1 saturated heterocycles. The van der Waals surface area contributed by atoms with Gasteiger partial charge in [-0.25, -0.2) is 9.18 Å². The number of rotatable bonds is 4. The zero-order chi connectivity index (χ0) is 17.1. The first-order valence-corrected chi connectivity index (χ1v) is 8.46. The third kappa shape index (κ3) is 3.31. The molecule has 0 aliphatic carbocycles. The second kappa shape index (κ2) is 7.09. The summed E-state index contributed by atoms with van der Waals surface area (Å²) in [7, 11) is 0. The molecule has 126 valence electrons. The van der Waals surface area contributed by atoms with E-state index in [1.54, 1.807) is 30.3 Å². The van der Waals surface area contributed by atoms with Gasteiger partial charge in [-0.05, 0) is 18.2 Å². The summed E-state index contributed by atoms with van der Waals surface area (Å²) in [4.78, 5) is 25.8. The minimum atomic E-state index is -0.714. The average molecular weight is 349 g/mol. The van der Waals surface area contributed by atoms with Crippen molar-refractivity contribution < 1.29 is 23.1 Å². The number of nitrogens with zero attached hydrogens (tertiary/aromatic N) is 1. The topological polar surface area (TPSA) is 59.8 Å². The molecule has 1 amide bonds. The highest BCUT2D eigenvalue weighted by Gasteiger charge is 2.43. The van der Waals surface area contributed by atoms with Crippen LogP contribution in [0.1, 0.15) is 23.6 Å². The fourth-order valence-electron chi connectivity index (χ4n) is 2.58. The highest BCUT2D eigenvalue weighted by Crippen LogP contribution is 2.41. The van der Waals surface area contributed by atoms with Gasteiger partial charge in [0, 0.05) is 18.2 Å². The lowest BCUT2D eigenvalue weighted by Crippen LogP contribution is -2.42. The van der Waals surface area contributed by atoms with Crippen LogP contribution >= 0.6 is 11.8 Å². The molecule has 0 bridgehead atoms. The largest absolute Gasteiger partial charge is 0.466 e. The lowest BCUT2D eigenvalue weighted by Gasteiger charge is -2.25. The summed E-state index contributed by atoms with van der Waals surface area (Å²) in [5.74, 6) is -0.201. The summed E-state index contributed by atoms with van der Waals surface area (Å²) in [6, 6.07) is 8.89. The Labute approximate surface area is 142 Å². The first-order valence-electron chi connectivity index (χ1n) is 7.42. The third-order valence-electron chi connectivity index (χ3n) is 3.75. The number of carbonyl (C=O) groups excluding carboxylic acids is 2. The number of carbonyl (C=O) groups is 2. The Kier molecular flexibility index (Phi) is 4.89. The van der Waals surface area contributed by atoms with Crippen LogP contribution < -0.4 is 0 Å². The summed E-state index contributed by atoms with van der Waals surface area (Å²) >= 11 is 1.43. The first kappa shape index (κ1) is 16.6. The SMILES string of the molecule is CC(=O)N1[C@@H](C(=O)OCc2ccccc2F)CS[C@@H]1c1ccco1. The number of ether oxygens (including phenoxy) is 1. The molecule has 0 N–H and O–H groups in total. The molecule has 1 fully saturated rings. The van der Waals surface area contributed by atoms with Crippen LogP contribution in [0.15, 0.2) is 47.1 Å². The number of hydrogen-bond donors (Lipinski definition) is 0. The monoisotopic (exact) mass is 349 g/mol. The van der Waals surface area contributed by atoms with E-state index in [1.165, 1.54) is 35.9 Å². The molecular weight excluding hydrogens is 333 g/mol. The molecule has 2 atom stereocenters. The Hall–Kier alpha value is -2.28. The molecule has 1 aromatic carbocycles. The molecule has 7 heteroatoms. The minimum Gasteiger partial charge on any atom is -0.466 e. The summed E-state index contributed by atoms with van der Waals surface area (Å²) in [6.07, 6.45) is 1.53. The van der Waals surface area contributed by atoms with Gasteiger partial charge in [-0.3, -0.25) is 4.79 Å². The quantitative estimate of drug-likeness (QED) is 0.794. The van der Waals surface area contributed by atoms with E-state index >= 15 is 0 Å². The molecule has 5 nitrogen and oxygen atoms in total. The van der Waals surface area contributed by atoms with Gasteiger partial charge in [0.25, 0.3) is 0 Å².